The quantitative estimate of drug-likeness (QED) is 0.448. The fourth-order valence-electron chi connectivity index (χ4n) is 1.54. The fraction of sp³-hybridized carbons (Fsp3) is 0.800. The number of allylic oxidation sites excluding steroid dienone is 2. The summed E-state index contributed by atoms with van der Waals surface area (Å²) in [6, 6.07) is 0. The molecule has 0 atom stereocenters. The Balaban J connectivity index is 2.12. The fourth-order valence-corrected chi connectivity index (χ4v) is 1.65. The van der Waals surface area contributed by atoms with Gasteiger partial charge in [-0.15, -0.1) is 11.6 Å². The van der Waals surface area contributed by atoms with Gasteiger partial charge in [-0.05, 0) is 25.7 Å². The van der Waals surface area contributed by atoms with Crippen LogP contribution >= 0.6 is 11.6 Å². The number of alkyl halides is 1. The van der Waals surface area contributed by atoms with Gasteiger partial charge >= 0.3 is 0 Å². The lowest BCUT2D eigenvalue weighted by atomic mass is 9.81. The van der Waals surface area contributed by atoms with Gasteiger partial charge < -0.3 is 0 Å². The molecule has 0 amide bonds. The molecule has 0 saturated heterocycles. The maximum atomic E-state index is 5.59. The molecule has 0 heterocycles. The van der Waals surface area contributed by atoms with Crippen LogP contribution in [0, 0.1) is 5.92 Å². The van der Waals surface area contributed by atoms with Crippen molar-refractivity contribution in [2.24, 2.45) is 5.92 Å². The zero-order valence-corrected chi connectivity index (χ0v) is 8.03. The number of hydrogen-bond acceptors (Lipinski definition) is 0. The molecule has 0 radical (unpaired) electrons. The van der Waals surface area contributed by atoms with Gasteiger partial charge in [0.15, 0.2) is 0 Å². The molecule has 0 aromatic rings. The Bertz CT molecular complexity index is 134. The molecular weight excluding hydrogens is 156 g/mol. The van der Waals surface area contributed by atoms with E-state index in [-0.39, 0.29) is 0 Å². The molecule has 64 valence electrons. The van der Waals surface area contributed by atoms with Crippen molar-refractivity contribution in [2.45, 2.75) is 39.0 Å². The van der Waals surface area contributed by atoms with Crippen LogP contribution in [-0.4, -0.2) is 5.88 Å². The van der Waals surface area contributed by atoms with Crippen LogP contribution in [0.2, 0.25) is 0 Å². The lowest BCUT2D eigenvalue weighted by Gasteiger charge is -2.25. The summed E-state index contributed by atoms with van der Waals surface area (Å²) in [5, 5.41) is 0. The van der Waals surface area contributed by atoms with Crippen LogP contribution in [0.5, 0.6) is 0 Å². The molecule has 0 nitrogen and oxygen atoms in total. The maximum absolute atomic E-state index is 5.59. The predicted molar refractivity (Wildman–Crippen MR) is 51.1 cm³/mol. The standard InChI is InChI=1S/C10H17Cl/c1-9(4-3-7-11)8-10-5-2-6-10/h4,10H,2-3,5-8H2,1H3. The van der Waals surface area contributed by atoms with Gasteiger partial charge in [-0.2, -0.15) is 0 Å². The van der Waals surface area contributed by atoms with Gasteiger partial charge in [0.25, 0.3) is 0 Å². The van der Waals surface area contributed by atoms with E-state index >= 15 is 0 Å². The third-order valence-electron chi connectivity index (χ3n) is 2.44. The minimum atomic E-state index is 0.766. The van der Waals surface area contributed by atoms with Crippen molar-refractivity contribution in [1.82, 2.24) is 0 Å². The molecule has 0 unspecified atom stereocenters. The monoisotopic (exact) mass is 172 g/mol. The van der Waals surface area contributed by atoms with Gasteiger partial charge in [0.1, 0.15) is 0 Å². The summed E-state index contributed by atoms with van der Waals surface area (Å²) in [7, 11) is 0. The molecule has 0 N–H and O–H groups in total. The van der Waals surface area contributed by atoms with Gasteiger partial charge in [-0.3, -0.25) is 0 Å². The predicted octanol–water partition coefficient (Wildman–Crippen LogP) is 3.75. The zero-order valence-electron chi connectivity index (χ0n) is 7.28. The third kappa shape index (κ3) is 3.29. The Kier molecular flexibility index (Phi) is 3.99. The molecule has 1 aliphatic carbocycles. The van der Waals surface area contributed by atoms with Crippen LogP contribution in [0.15, 0.2) is 11.6 Å². The first-order valence-electron chi connectivity index (χ1n) is 4.54. The van der Waals surface area contributed by atoms with Crippen molar-refractivity contribution in [3.05, 3.63) is 11.6 Å². The first-order chi connectivity index (χ1) is 5.33. The highest BCUT2D eigenvalue weighted by Gasteiger charge is 2.16. The Labute approximate surface area is 74.6 Å². The molecule has 0 aliphatic heterocycles. The van der Waals surface area contributed by atoms with E-state index in [1.165, 1.54) is 31.3 Å². The Morgan fingerprint density at radius 1 is 1.55 bits per heavy atom. The van der Waals surface area contributed by atoms with Crippen molar-refractivity contribution < 1.29 is 0 Å². The second-order valence-corrected chi connectivity index (χ2v) is 3.91. The Morgan fingerprint density at radius 2 is 2.27 bits per heavy atom. The Hall–Kier alpha value is 0.0300. The van der Waals surface area contributed by atoms with Gasteiger partial charge in [-0.1, -0.05) is 30.9 Å². The highest BCUT2D eigenvalue weighted by molar-refractivity contribution is 6.17. The summed E-state index contributed by atoms with van der Waals surface area (Å²) in [4.78, 5) is 0. The summed E-state index contributed by atoms with van der Waals surface area (Å²) in [5.41, 5.74) is 1.54. The maximum Gasteiger partial charge on any atom is 0.0258 e. The molecule has 0 bridgehead atoms. The molecular formula is C10H17Cl. The SMILES string of the molecule is CC(=CCCCl)CC1CCC1. The van der Waals surface area contributed by atoms with E-state index in [1.54, 1.807) is 0 Å². The van der Waals surface area contributed by atoms with Crippen LogP contribution in [0.4, 0.5) is 0 Å². The van der Waals surface area contributed by atoms with Gasteiger partial charge in [0.2, 0.25) is 0 Å². The van der Waals surface area contributed by atoms with Crippen molar-refractivity contribution in [3.8, 4) is 0 Å². The second-order valence-electron chi connectivity index (χ2n) is 3.53. The van der Waals surface area contributed by atoms with Gasteiger partial charge in [0.05, 0.1) is 0 Å². The van der Waals surface area contributed by atoms with Crippen LogP contribution in [0.1, 0.15) is 39.0 Å². The molecule has 1 aliphatic rings. The smallest absolute Gasteiger partial charge is 0.0258 e. The highest BCUT2D eigenvalue weighted by Crippen LogP contribution is 2.31. The summed E-state index contributed by atoms with van der Waals surface area (Å²) < 4.78 is 0. The molecule has 1 rings (SSSR count). The van der Waals surface area contributed by atoms with E-state index in [1.807, 2.05) is 0 Å². The summed E-state index contributed by atoms with van der Waals surface area (Å²) >= 11 is 5.59. The molecule has 11 heavy (non-hydrogen) atoms. The molecule has 0 aromatic carbocycles. The second kappa shape index (κ2) is 4.82. The van der Waals surface area contributed by atoms with Crippen molar-refractivity contribution in [3.63, 3.8) is 0 Å². The normalized spacial score (nSPS) is 20.0. The summed E-state index contributed by atoms with van der Waals surface area (Å²) in [6.07, 6.45) is 8.99. The van der Waals surface area contributed by atoms with E-state index in [4.69, 9.17) is 11.6 Å². The number of hydrogen-bond donors (Lipinski definition) is 0. The average Bonchev–Trinajstić information content (AvgIpc) is 1.93. The number of halogens is 1. The van der Waals surface area contributed by atoms with E-state index in [0.29, 0.717) is 0 Å². The van der Waals surface area contributed by atoms with Gasteiger partial charge in [0, 0.05) is 5.88 Å². The lowest BCUT2D eigenvalue weighted by Crippen LogP contribution is -2.10. The van der Waals surface area contributed by atoms with Crippen LogP contribution < -0.4 is 0 Å². The molecule has 1 fully saturated rings. The van der Waals surface area contributed by atoms with Crippen LogP contribution in [0.3, 0.4) is 0 Å². The van der Waals surface area contributed by atoms with Crippen molar-refractivity contribution >= 4 is 11.6 Å². The molecule has 0 spiro atoms. The largest absolute Gasteiger partial charge is 0.126 e. The van der Waals surface area contributed by atoms with Crippen molar-refractivity contribution in [2.75, 3.05) is 5.88 Å². The van der Waals surface area contributed by atoms with E-state index in [9.17, 15) is 0 Å². The average molecular weight is 173 g/mol. The molecule has 1 saturated carbocycles. The summed E-state index contributed by atoms with van der Waals surface area (Å²) in [6.45, 7) is 2.23. The third-order valence-corrected chi connectivity index (χ3v) is 2.66. The van der Waals surface area contributed by atoms with Crippen LogP contribution in [-0.2, 0) is 0 Å². The first-order valence-corrected chi connectivity index (χ1v) is 5.08. The Morgan fingerprint density at radius 3 is 2.73 bits per heavy atom. The minimum absolute atomic E-state index is 0.766. The molecule has 1 heteroatoms. The number of rotatable bonds is 4. The highest BCUT2D eigenvalue weighted by atomic mass is 35.5. The van der Waals surface area contributed by atoms with Crippen molar-refractivity contribution in [1.29, 1.82) is 0 Å². The minimum Gasteiger partial charge on any atom is -0.126 e. The summed E-state index contributed by atoms with van der Waals surface area (Å²) in [5.74, 6) is 1.77. The molecule has 0 aromatic heterocycles. The topological polar surface area (TPSA) is 0 Å². The van der Waals surface area contributed by atoms with E-state index < -0.39 is 0 Å². The lowest BCUT2D eigenvalue weighted by molar-refractivity contribution is 0.313. The van der Waals surface area contributed by atoms with Gasteiger partial charge in [-0.25, -0.2) is 0 Å². The zero-order chi connectivity index (χ0) is 8.10. The van der Waals surface area contributed by atoms with E-state index in [2.05, 4.69) is 13.0 Å². The first kappa shape index (κ1) is 9.12. The van der Waals surface area contributed by atoms with Crippen LogP contribution in [0.25, 0.3) is 0 Å². The van der Waals surface area contributed by atoms with E-state index in [0.717, 1.165) is 18.2 Å².